The van der Waals surface area contributed by atoms with Gasteiger partial charge in [0.2, 0.25) is 0 Å². The molecule has 28 heavy (non-hydrogen) atoms. The van der Waals surface area contributed by atoms with E-state index in [-0.39, 0.29) is 5.56 Å². The summed E-state index contributed by atoms with van der Waals surface area (Å²) in [4.78, 5) is 18.1. The summed E-state index contributed by atoms with van der Waals surface area (Å²) < 4.78 is 3.64. The lowest BCUT2D eigenvalue weighted by molar-refractivity contribution is 0.943. The highest BCUT2D eigenvalue weighted by Crippen LogP contribution is 2.19. The maximum Gasteiger partial charge on any atom is 0.266 e. The van der Waals surface area contributed by atoms with Crippen LogP contribution in [0.15, 0.2) is 76.0 Å². The predicted octanol–water partition coefficient (Wildman–Crippen LogP) is 6.23. The van der Waals surface area contributed by atoms with Crippen LogP contribution in [0, 0.1) is 10.5 Å². The van der Waals surface area contributed by atoms with Gasteiger partial charge in [-0.1, -0.05) is 46.3 Å². The van der Waals surface area contributed by atoms with Crippen LogP contribution in [-0.2, 0) is 0 Å². The molecule has 0 amide bonds. The molecule has 0 saturated carbocycles. The quantitative estimate of drug-likeness (QED) is 0.288. The Hall–Kier alpha value is -2.25. The number of fused-ring (bicyclic) bond motifs is 1. The van der Waals surface area contributed by atoms with Crippen LogP contribution in [0.1, 0.15) is 17.0 Å². The lowest BCUT2D eigenvalue weighted by Crippen LogP contribution is -2.22. The highest BCUT2D eigenvalue weighted by atomic mass is 127. The second-order valence-electron chi connectivity index (χ2n) is 6.44. The fourth-order valence-corrected chi connectivity index (χ4v) is 3.82. The van der Waals surface area contributed by atoms with Crippen LogP contribution >= 0.6 is 38.5 Å². The van der Waals surface area contributed by atoms with Crippen LogP contribution in [0.25, 0.3) is 28.7 Å². The first kappa shape index (κ1) is 19.1. The first-order valence-corrected chi connectivity index (χ1v) is 10.6. The number of aryl methyl sites for hydroxylation is 1. The van der Waals surface area contributed by atoms with E-state index in [0.717, 1.165) is 19.3 Å². The SMILES string of the molecule is Cc1ccccc1/C=C/c1nc2ccc(I)cc2c(=O)n1-c1ccc(Br)cc1. The molecule has 0 aliphatic heterocycles. The number of aromatic nitrogens is 2. The molecule has 138 valence electrons. The van der Waals surface area contributed by atoms with Gasteiger partial charge in [-0.3, -0.25) is 9.36 Å². The zero-order valence-electron chi connectivity index (χ0n) is 15.1. The zero-order chi connectivity index (χ0) is 19.7. The van der Waals surface area contributed by atoms with E-state index in [1.54, 1.807) is 4.57 Å². The molecule has 5 heteroatoms. The van der Waals surface area contributed by atoms with Gasteiger partial charge in [0.05, 0.1) is 16.6 Å². The monoisotopic (exact) mass is 542 g/mol. The van der Waals surface area contributed by atoms with Crippen molar-refractivity contribution in [1.82, 2.24) is 9.55 Å². The number of nitrogens with zero attached hydrogens (tertiary/aromatic N) is 2. The van der Waals surface area contributed by atoms with Crippen molar-refractivity contribution in [2.45, 2.75) is 6.92 Å². The van der Waals surface area contributed by atoms with Crippen LogP contribution in [0.2, 0.25) is 0 Å². The van der Waals surface area contributed by atoms with E-state index in [1.807, 2.05) is 66.7 Å². The first-order chi connectivity index (χ1) is 13.5. The molecule has 4 rings (SSSR count). The Morgan fingerprint density at radius 1 is 1.00 bits per heavy atom. The molecule has 0 aliphatic carbocycles. The van der Waals surface area contributed by atoms with E-state index < -0.39 is 0 Å². The van der Waals surface area contributed by atoms with E-state index in [0.29, 0.717) is 16.7 Å². The topological polar surface area (TPSA) is 34.9 Å². The van der Waals surface area contributed by atoms with E-state index in [4.69, 9.17) is 4.98 Å². The first-order valence-electron chi connectivity index (χ1n) is 8.75. The summed E-state index contributed by atoms with van der Waals surface area (Å²) in [7, 11) is 0. The minimum absolute atomic E-state index is 0.0738. The van der Waals surface area contributed by atoms with Crippen LogP contribution in [0.3, 0.4) is 0 Å². The Bertz CT molecular complexity index is 1260. The van der Waals surface area contributed by atoms with E-state index >= 15 is 0 Å². The molecule has 3 aromatic carbocycles. The van der Waals surface area contributed by atoms with Crippen molar-refractivity contribution in [3.8, 4) is 5.69 Å². The Kier molecular flexibility index (Phi) is 5.46. The third-order valence-electron chi connectivity index (χ3n) is 4.54. The molecule has 4 aromatic rings. The van der Waals surface area contributed by atoms with Gasteiger partial charge in [0.25, 0.3) is 5.56 Å². The van der Waals surface area contributed by atoms with E-state index in [1.165, 1.54) is 5.56 Å². The number of hydrogen-bond acceptors (Lipinski definition) is 2. The maximum atomic E-state index is 13.3. The van der Waals surface area contributed by atoms with Crippen molar-refractivity contribution in [2.75, 3.05) is 0 Å². The Morgan fingerprint density at radius 3 is 2.50 bits per heavy atom. The molecule has 0 spiro atoms. The van der Waals surface area contributed by atoms with Gasteiger partial charge in [0.15, 0.2) is 0 Å². The lowest BCUT2D eigenvalue weighted by atomic mass is 10.1. The van der Waals surface area contributed by atoms with Gasteiger partial charge in [-0.2, -0.15) is 0 Å². The summed E-state index contributed by atoms with van der Waals surface area (Å²) in [6.45, 7) is 2.07. The van der Waals surface area contributed by atoms with Crippen LogP contribution in [-0.4, -0.2) is 9.55 Å². The number of hydrogen-bond donors (Lipinski definition) is 0. The Labute approximate surface area is 185 Å². The van der Waals surface area contributed by atoms with Crippen molar-refractivity contribution in [3.63, 3.8) is 0 Å². The van der Waals surface area contributed by atoms with Gasteiger partial charge in [-0.25, -0.2) is 4.98 Å². The molecule has 0 N–H and O–H groups in total. The van der Waals surface area contributed by atoms with Gasteiger partial charge >= 0.3 is 0 Å². The van der Waals surface area contributed by atoms with Crippen molar-refractivity contribution in [3.05, 3.63) is 102 Å². The molecule has 0 atom stereocenters. The number of halogens is 2. The molecule has 1 aromatic heterocycles. The number of benzene rings is 3. The van der Waals surface area contributed by atoms with Crippen LogP contribution < -0.4 is 5.56 Å². The molecule has 3 nitrogen and oxygen atoms in total. The molecule has 0 fully saturated rings. The third kappa shape index (κ3) is 3.82. The molecule has 0 aliphatic rings. The largest absolute Gasteiger partial charge is 0.268 e. The number of rotatable bonds is 3. The molecular weight excluding hydrogens is 527 g/mol. The van der Waals surface area contributed by atoms with Gasteiger partial charge in [-0.15, -0.1) is 0 Å². The second-order valence-corrected chi connectivity index (χ2v) is 8.60. The highest BCUT2D eigenvalue weighted by molar-refractivity contribution is 14.1. The Balaban J connectivity index is 1.97. The average Bonchev–Trinajstić information content (AvgIpc) is 2.69. The van der Waals surface area contributed by atoms with Gasteiger partial charge in [-0.05, 0) is 89.2 Å². The van der Waals surface area contributed by atoms with Crippen molar-refractivity contribution >= 4 is 61.6 Å². The lowest BCUT2D eigenvalue weighted by Gasteiger charge is -2.12. The minimum atomic E-state index is -0.0738. The second kappa shape index (κ2) is 8.01. The van der Waals surface area contributed by atoms with Crippen LogP contribution in [0.4, 0.5) is 0 Å². The van der Waals surface area contributed by atoms with Gasteiger partial charge in [0, 0.05) is 8.04 Å². The summed E-state index contributed by atoms with van der Waals surface area (Å²) in [6, 6.07) is 21.6. The molecular formula is C23H16BrIN2O. The summed E-state index contributed by atoms with van der Waals surface area (Å²) in [5.74, 6) is 0.601. The summed E-state index contributed by atoms with van der Waals surface area (Å²) in [5.41, 5.74) is 3.68. The van der Waals surface area contributed by atoms with Gasteiger partial charge in [0.1, 0.15) is 5.82 Å². The molecule has 0 saturated heterocycles. The Morgan fingerprint density at radius 2 is 1.75 bits per heavy atom. The molecule has 0 unspecified atom stereocenters. The standard InChI is InChI=1S/C23H16BrIN2O/c1-15-4-2-3-5-16(15)6-13-22-26-21-12-9-18(25)14-20(21)23(28)27(22)19-10-7-17(24)8-11-19/h2-14H,1H3/b13-6+. The average molecular weight is 543 g/mol. The van der Waals surface area contributed by atoms with Crippen LogP contribution in [0.5, 0.6) is 0 Å². The summed E-state index contributed by atoms with van der Waals surface area (Å²) >= 11 is 5.67. The molecule has 0 radical (unpaired) electrons. The van der Waals surface area contributed by atoms with Gasteiger partial charge < -0.3 is 0 Å². The maximum absolute atomic E-state index is 13.3. The molecule has 1 heterocycles. The normalized spacial score (nSPS) is 11.4. The fourth-order valence-electron chi connectivity index (χ4n) is 3.06. The fraction of sp³-hybridized carbons (Fsp3) is 0.0435. The smallest absolute Gasteiger partial charge is 0.266 e. The predicted molar refractivity (Wildman–Crippen MR) is 128 cm³/mol. The highest BCUT2D eigenvalue weighted by Gasteiger charge is 2.12. The minimum Gasteiger partial charge on any atom is -0.268 e. The summed E-state index contributed by atoms with van der Waals surface area (Å²) in [6.07, 6.45) is 3.91. The summed E-state index contributed by atoms with van der Waals surface area (Å²) in [5, 5.41) is 0.614. The van der Waals surface area contributed by atoms with Crippen molar-refractivity contribution in [2.24, 2.45) is 0 Å². The zero-order valence-corrected chi connectivity index (χ0v) is 18.8. The third-order valence-corrected chi connectivity index (χ3v) is 5.74. The van der Waals surface area contributed by atoms with E-state index in [2.05, 4.69) is 57.6 Å². The van der Waals surface area contributed by atoms with E-state index in [9.17, 15) is 4.79 Å². The van der Waals surface area contributed by atoms with Crippen molar-refractivity contribution in [1.29, 1.82) is 0 Å². The molecule has 0 bridgehead atoms. The van der Waals surface area contributed by atoms with Crippen molar-refractivity contribution < 1.29 is 0 Å².